The van der Waals surface area contributed by atoms with Gasteiger partial charge in [-0.2, -0.15) is 0 Å². The van der Waals surface area contributed by atoms with Crippen molar-refractivity contribution in [1.82, 2.24) is 0 Å². The number of hydrogen-bond donors (Lipinski definition) is 3. The fourth-order valence-corrected chi connectivity index (χ4v) is 13.4. The Hall–Kier alpha value is -4.19. The maximum Gasteiger partial charge on any atom is 0.0879 e. The van der Waals surface area contributed by atoms with Gasteiger partial charge < -0.3 is 51.9 Å². The molecule has 6 heteroatoms. The highest BCUT2D eigenvalue weighted by Gasteiger charge is 2.45. The van der Waals surface area contributed by atoms with Crippen LogP contribution in [0.25, 0.3) is 5.57 Å². The lowest BCUT2D eigenvalue weighted by Gasteiger charge is -2.34. The summed E-state index contributed by atoms with van der Waals surface area (Å²) in [6, 6.07) is 51.1. The summed E-state index contributed by atoms with van der Waals surface area (Å²) < 4.78 is 0. The molecule has 0 spiro atoms. The number of aryl methyl sites for hydroxylation is 6. The van der Waals surface area contributed by atoms with Crippen molar-refractivity contribution in [2.45, 2.75) is 112 Å². The third-order valence-corrected chi connectivity index (χ3v) is 17.4. The zero-order chi connectivity index (χ0) is 48.2. The molecule has 0 aromatic heterocycles. The second-order valence-corrected chi connectivity index (χ2v) is 22.1. The predicted molar refractivity (Wildman–Crippen MR) is 291 cm³/mol. The lowest BCUT2D eigenvalue weighted by molar-refractivity contribution is -0.905. The largest absolute Gasteiger partial charge is 1.00 e. The summed E-state index contributed by atoms with van der Waals surface area (Å²) >= 11 is 0. The van der Waals surface area contributed by atoms with Crippen LogP contribution >= 0.6 is 0 Å². The van der Waals surface area contributed by atoms with Crippen LogP contribution in [0.4, 0.5) is 0 Å². The predicted octanol–water partition coefficient (Wildman–Crippen LogP) is 1.73. The van der Waals surface area contributed by atoms with E-state index >= 15 is 0 Å². The van der Waals surface area contributed by atoms with E-state index in [0.29, 0.717) is 17.8 Å². The van der Waals surface area contributed by atoms with Gasteiger partial charge in [0.25, 0.3) is 0 Å². The van der Waals surface area contributed by atoms with Crippen molar-refractivity contribution in [2.75, 3.05) is 58.9 Å². The van der Waals surface area contributed by atoms with E-state index in [1.807, 2.05) is 0 Å². The highest BCUT2D eigenvalue weighted by atomic mass is 35.5. The van der Waals surface area contributed by atoms with Crippen LogP contribution in [0.1, 0.15) is 148 Å². The van der Waals surface area contributed by atoms with Gasteiger partial charge in [-0.25, -0.2) is 0 Å². The molecule has 5 aliphatic rings. The summed E-state index contributed by atoms with van der Waals surface area (Å²) in [7, 11) is 0. The molecule has 3 saturated heterocycles. The average Bonchev–Trinajstić information content (AvgIpc) is 3.86. The molecule has 11 rings (SSSR count). The molecule has 3 N–H and O–H groups in total. The smallest absolute Gasteiger partial charge is 0.0879 e. The highest BCUT2D eigenvalue weighted by molar-refractivity contribution is 5.89. The second kappa shape index (κ2) is 25.8. The molecule has 0 saturated carbocycles. The number of piperidine rings is 3. The summed E-state index contributed by atoms with van der Waals surface area (Å²) in [5, 5.41) is 0. The summed E-state index contributed by atoms with van der Waals surface area (Å²) in [6.45, 7) is 31.8. The number of hydrogen-bond acceptors (Lipinski definition) is 0. The van der Waals surface area contributed by atoms with Gasteiger partial charge in [0.05, 0.1) is 64.8 Å². The first-order chi connectivity index (χ1) is 33.5. The Labute approximate surface area is 454 Å². The van der Waals surface area contributed by atoms with Crippen molar-refractivity contribution in [1.29, 1.82) is 0 Å². The molecule has 7 atom stereocenters. The van der Waals surface area contributed by atoms with E-state index in [2.05, 4.69) is 196 Å². The molecule has 0 bridgehead atoms. The molecule has 3 fully saturated rings. The zero-order valence-electron chi connectivity index (χ0n) is 45.0. The number of quaternary nitrogens is 3. The third kappa shape index (κ3) is 12.7. The van der Waals surface area contributed by atoms with Gasteiger partial charge in [0.15, 0.2) is 0 Å². The van der Waals surface area contributed by atoms with Gasteiger partial charge in [-0.3, -0.25) is 0 Å². The van der Waals surface area contributed by atoms with Crippen LogP contribution in [0.5, 0.6) is 0 Å². The number of benzene rings is 6. The molecule has 3 heterocycles. The van der Waals surface area contributed by atoms with Gasteiger partial charge in [-0.15, -0.1) is 0 Å². The van der Waals surface area contributed by atoms with E-state index in [1.165, 1.54) is 151 Å². The van der Waals surface area contributed by atoms with Crippen molar-refractivity contribution in [2.24, 2.45) is 11.8 Å². The van der Waals surface area contributed by atoms with Gasteiger partial charge in [0, 0.05) is 43.4 Å². The first-order valence-corrected chi connectivity index (χ1v) is 27.2. The van der Waals surface area contributed by atoms with E-state index in [9.17, 15) is 0 Å². The fraction of sp³-hybridized carbons (Fsp3) is 0.424. The Kier molecular flexibility index (Phi) is 20.5. The van der Waals surface area contributed by atoms with Gasteiger partial charge in [0.2, 0.25) is 0 Å². The number of fused-ring (bicyclic) bond motifs is 6. The molecule has 0 amide bonds. The van der Waals surface area contributed by atoms with E-state index in [0.717, 1.165) is 17.8 Å². The normalized spacial score (nSPS) is 23.9. The summed E-state index contributed by atoms with van der Waals surface area (Å²) in [4.78, 5) is 5.30. The maximum absolute atomic E-state index is 2.46. The van der Waals surface area contributed by atoms with Crippen LogP contribution < -0.4 is 51.9 Å². The Bertz CT molecular complexity index is 2650. The minimum atomic E-state index is 0. The van der Waals surface area contributed by atoms with Crippen LogP contribution in [0.3, 0.4) is 0 Å². The zero-order valence-corrected chi connectivity index (χ0v) is 47.3. The van der Waals surface area contributed by atoms with Gasteiger partial charge in [0.1, 0.15) is 0 Å². The lowest BCUT2D eigenvalue weighted by Crippen LogP contribution is -3.13. The molecule has 2 aliphatic carbocycles. The fourth-order valence-electron chi connectivity index (χ4n) is 13.4. The molecular formula is C66H84Cl3N3. The second-order valence-electron chi connectivity index (χ2n) is 22.1. The number of likely N-dealkylation sites (tertiary alicyclic amines) is 3. The first-order valence-electron chi connectivity index (χ1n) is 27.2. The van der Waals surface area contributed by atoms with Gasteiger partial charge >= 0.3 is 0 Å². The maximum atomic E-state index is 2.46. The molecule has 0 radical (unpaired) electrons. The molecule has 2 unspecified atom stereocenters. The van der Waals surface area contributed by atoms with E-state index in [-0.39, 0.29) is 37.2 Å². The Morgan fingerprint density at radius 3 is 1.64 bits per heavy atom. The topological polar surface area (TPSA) is 13.3 Å². The molecule has 3 nitrogen and oxygen atoms in total. The Morgan fingerprint density at radius 1 is 0.472 bits per heavy atom. The minimum Gasteiger partial charge on any atom is -1.00 e. The molecule has 6 aromatic carbocycles. The number of rotatable bonds is 8. The summed E-state index contributed by atoms with van der Waals surface area (Å²) in [6.07, 6.45) is 5.29. The standard InChI is InChI=1S/C22H27N.C22H25N.C22H29N.3ClH/c2*1-4-23-12-11-19-21(14-23)18-10-7-16(3)13-20(18)22(19)17-8-5-15(2)6-9-17;1-4-23-14-12-20(13-15-23)22(19-10-8-17(2)9-11-19)21-7-5-6-18(3)16-21;;;/h5-10,13,19,21-22H,4,11-12,14H2,1-3H3;5-10,13,21H,4,11-12,14H2,1-3H3;5-11,16,20,22H,4,12-15H2,1-3H3;3*1H/t19-,21-,22+;21-;22-;;;/m110.../s1. The Balaban J connectivity index is 0.000000173. The number of halogens is 3. The quantitative estimate of drug-likeness (QED) is 0.206. The number of nitrogens with one attached hydrogen (secondary N) is 3. The van der Waals surface area contributed by atoms with E-state index < -0.39 is 0 Å². The Morgan fingerprint density at radius 2 is 1.01 bits per heavy atom. The lowest BCUT2D eigenvalue weighted by atomic mass is 9.75. The molecule has 384 valence electrons. The van der Waals surface area contributed by atoms with E-state index in [1.54, 1.807) is 37.0 Å². The highest BCUT2D eigenvalue weighted by Crippen LogP contribution is 2.52. The van der Waals surface area contributed by atoms with Crippen molar-refractivity contribution in [3.63, 3.8) is 0 Å². The molecule has 3 aliphatic heterocycles. The molecule has 72 heavy (non-hydrogen) atoms. The summed E-state index contributed by atoms with van der Waals surface area (Å²) in [5.41, 5.74) is 23.6. The summed E-state index contributed by atoms with van der Waals surface area (Å²) in [5.74, 6) is 4.11. The average molecular weight is 1030 g/mol. The monoisotopic (exact) mass is 1020 g/mol. The van der Waals surface area contributed by atoms with Crippen LogP contribution in [0, 0.1) is 53.4 Å². The van der Waals surface area contributed by atoms with Gasteiger partial charge in [-0.05, 0) is 130 Å². The van der Waals surface area contributed by atoms with Crippen LogP contribution in [-0.2, 0) is 0 Å². The van der Waals surface area contributed by atoms with Crippen LogP contribution in [-0.4, -0.2) is 58.9 Å². The van der Waals surface area contributed by atoms with Crippen LogP contribution in [0.15, 0.2) is 139 Å². The molecular weight excluding hydrogens is 941 g/mol. The minimum absolute atomic E-state index is 0. The SMILES string of the molecule is CC[NH+]1CCC([C@H](c2ccc(C)cc2)c2cccc(C)c2)CC1.CC[NH+]1CCC2=C(c3ccc(C)cc3)c3cc(C)ccc3[C@H]2C1.CC[NH+]1CC[C@H]2[C@H](c3ccc(C)cc3)c3cc(C)ccc3[C@H]2C1.[Cl-].[Cl-].[Cl-]. The van der Waals surface area contributed by atoms with Crippen molar-refractivity contribution >= 4 is 5.57 Å². The first kappa shape index (κ1) is 57.1. The molecule has 6 aromatic rings. The van der Waals surface area contributed by atoms with Crippen molar-refractivity contribution < 1.29 is 51.9 Å². The van der Waals surface area contributed by atoms with Gasteiger partial charge in [-0.1, -0.05) is 167 Å². The van der Waals surface area contributed by atoms with Crippen molar-refractivity contribution in [3.05, 3.63) is 217 Å². The number of likely N-dealkylation sites (N-methyl/N-ethyl adjacent to an activating group) is 2. The van der Waals surface area contributed by atoms with E-state index in [4.69, 9.17) is 0 Å². The third-order valence-electron chi connectivity index (χ3n) is 17.4. The van der Waals surface area contributed by atoms with Crippen LogP contribution in [0.2, 0.25) is 0 Å². The van der Waals surface area contributed by atoms with Crippen molar-refractivity contribution in [3.8, 4) is 0 Å².